The fourth-order valence-electron chi connectivity index (χ4n) is 2.55. The predicted molar refractivity (Wildman–Crippen MR) is 74.5 cm³/mol. The molecule has 1 N–H and O–H groups in total. The van der Waals surface area contributed by atoms with Crippen LogP contribution in [0.15, 0.2) is 22.7 Å². The van der Waals surface area contributed by atoms with E-state index in [1.165, 1.54) is 0 Å². The van der Waals surface area contributed by atoms with Crippen molar-refractivity contribution in [1.82, 2.24) is 0 Å². The van der Waals surface area contributed by atoms with Crippen LogP contribution in [-0.4, -0.2) is 30.9 Å². The lowest BCUT2D eigenvalue weighted by Crippen LogP contribution is -2.39. The molecule has 1 fully saturated rings. The summed E-state index contributed by atoms with van der Waals surface area (Å²) in [5, 5.41) is 9.55. The Hall–Kier alpha value is -1.07. The molecule has 0 aromatic heterocycles. The van der Waals surface area contributed by atoms with Crippen LogP contribution in [0.3, 0.4) is 0 Å². The van der Waals surface area contributed by atoms with Gasteiger partial charge in [-0.15, -0.1) is 0 Å². The number of aliphatic carboxylic acids is 1. The number of ether oxygens (including phenoxy) is 2. The molecule has 1 aliphatic heterocycles. The topological polar surface area (TPSA) is 55.8 Å². The van der Waals surface area contributed by atoms with E-state index >= 15 is 0 Å². The number of methoxy groups -OCH3 is 1. The minimum atomic E-state index is -0.825. The van der Waals surface area contributed by atoms with Gasteiger partial charge in [-0.3, -0.25) is 4.79 Å². The van der Waals surface area contributed by atoms with Crippen molar-refractivity contribution >= 4 is 21.9 Å². The van der Waals surface area contributed by atoms with Gasteiger partial charge in [-0.25, -0.2) is 0 Å². The Morgan fingerprint density at radius 2 is 2.37 bits per heavy atom. The first-order valence-corrected chi connectivity index (χ1v) is 6.96. The molecular weight excluding hydrogens is 312 g/mol. The zero-order valence-electron chi connectivity index (χ0n) is 11.0. The third kappa shape index (κ3) is 2.62. The third-order valence-electron chi connectivity index (χ3n) is 3.86. The van der Waals surface area contributed by atoms with Crippen LogP contribution >= 0.6 is 15.9 Å². The number of benzene rings is 1. The van der Waals surface area contributed by atoms with Gasteiger partial charge in [0.05, 0.1) is 23.1 Å². The van der Waals surface area contributed by atoms with Gasteiger partial charge in [0.25, 0.3) is 0 Å². The minimum Gasteiger partial charge on any atom is -0.496 e. The maximum atomic E-state index is 11.6. The Balaban J connectivity index is 2.28. The van der Waals surface area contributed by atoms with E-state index in [1.54, 1.807) is 7.11 Å². The zero-order valence-corrected chi connectivity index (χ0v) is 12.6. The van der Waals surface area contributed by atoms with Crippen LogP contribution < -0.4 is 4.74 Å². The molecule has 104 valence electrons. The molecule has 1 heterocycles. The number of carboxylic acid groups (broad SMARTS) is 1. The van der Waals surface area contributed by atoms with Crippen LogP contribution in [-0.2, 0) is 16.0 Å². The summed E-state index contributed by atoms with van der Waals surface area (Å²) >= 11 is 3.42. The number of hydrogen-bond acceptors (Lipinski definition) is 3. The first kappa shape index (κ1) is 14.3. The monoisotopic (exact) mass is 328 g/mol. The van der Waals surface area contributed by atoms with Gasteiger partial charge < -0.3 is 14.6 Å². The number of carbonyl (C=O) groups is 1. The van der Waals surface area contributed by atoms with Gasteiger partial charge >= 0.3 is 5.97 Å². The van der Waals surface area contributed by atoms with Crippen molar-refractivity contribution in [2.24, 2.45) is 5.41 Å². The van der Waals surface area contributed by atoms with Crippen LogP contribution in [0.2, 0.25) is 0 Å². The summed E-state index contributed by atoms with van der Waals surface area (Å²) in [6.07, 6.45) is 0.741. The van der Waals surface area contributed by atoms with E-state index in [4.69, 9.17) is 9.47 Å². The highest BCUT2D eigenvalue weighted by Crippen LogP contribution is 2.39. The molecule has 2 atom stereocenters. The lowest BCUT2D eigenvalue weighted by Gasteiger charge is -2.27. The van der Waals surface area contributed by atoms with E-state index < -0.39 is 11.4 Å². The first-order valence-electron chi connectivity index (χ1n) is 6.17. The molecule has 0 amide bonds. The summed E-state index contributed by atoms with van der Waals surface area (Å²) in [5.41, 5.74) is 0.140. The molecule has 0 spiro atoms. The van der Waals surface area contributed by atoms with Crippen molar-refractivity contribution in [3.63, 3.8) is 0 Å². The van der Waals surface area contributed by atoms with E-state index in [1.807, 2.05) is 25.1 Å². The quantitative estimate of drug-likeness (QED) is 0.923. The molecule has 4 nitrogen and oxygen atoms in total. The maximum absolute atomic E-state index is 11.6. The molecule has 1 aromatic rings. The van der Waals surface area contributed by atoms with Gasteiger partial charge in [0.2, 0.25) is 0 Å². The van der Waals surface area contributed by atoms with Gasteiger partial charge in [-0.2, -0.15) is 0 Å². The Bertz CT molecular complexity index is 488. The lowest BCUT2D eigenvalue weighted by molar-refractivity contribution is -0.151. The van der Waals surface area contributed by atoms with E-state index in [9.17, 15) is 9.90 Å². The second kappa shape index (κ2) is 5.51. The molecule has 0 bridgehead atoms. The SMILES string of the molecule is COc1ccc(CC2(C(=O)O)CCOC2C)cc1Br. The standard InChI is InChI=1S/C14H17BrO4/c1-9-14(13(16)17,5-6-19-9)8-10-3-4-12(18-2)11(15)7-10/h3-4,7,9H,5-6,8H2,1-2H3,(H,16,17). The van der Waals surface area contributed by atoms with Crippen LogP contribution in [0, 0.1) is 5.41 Å². The molecule has 5 heteroatoms. The lowest BCUT2D eigenvalue weighted by atomic mass is 9.76. The van der Waals surface area contributed by atoms with Crippen molar-refractivity contribution in [2.45, 2.75) is 25.9 Å². The molecule has 1 aliphatic rings. The zero-order chi connectivity index (χ0) is 14.0. The van der Waals surface area contributed by atoms with E-state index in [2.05, 4.69) is 15.9 Å². The van der Waals surface area contributed by atoms with E-state index in [0.717, 1.165) is 15.8 Å². The Labute approximate surface area is 120 Å². The Kier molecular flexibility index (Phi) is 4.16. The van der Waals surface area contributed by atoms with Crippen molar-refractivity contribution in [3.8, 4) is 5.75 Å². The highest BCUT2D eigenvalue weighted by molar-refractivity contribution is 9.10. The minimum absolute atomic E-state index is 0.272. The molecule has 2 rings (SSSR count). The number of rotatable bonds is 4. The van der Waals surface area contributed by atoms with E-state index in [0.29, 0.717) is 19.4 Å². The second-order valence-electron chi connectivity index (χ2n) is 4.87. The number of hydrogen-bond donors (Lipinski definition) is 1. The first-order chi connectivity index (χ1) is 8.99. The van der Waals surface area contributed by atoms with Gasteiger partial charge in [-0.1, -0.05) is 6.07 Å². The van der Waals surface area contributed by atoms with Crippen LogP contribution in [0.4, 0.5) is 0 Å². The maximum Gasteiger partial charge on any atom is 0.312 e. The predicted octanol–water partition coefficient (Wildman–Crippen LogP) is 2.88. The summed E-state index contributed by atoms with van der Waals surface area (Å²) in [7, 11) is 1.60. The summed E-state index contributed by atoms with van der Waals surface area (Å²) < 4.78 is 11.5. The highest BCUT2D eigenvalue weighted by Gasteiger charge is 2.48. The smallest absolute Gasteiger partial charge is 0.312 e. The summed E-state index contributed by atoms with van der Waals surface area (Å²) in [4.78, 5) is 11.6. The summed E-state index contributed by atoms with van der Waals surface area (Å²) in [5.74, 6) is -0.0479. The molecule has 0 aliphatic carbocycles. The third-order valence-corrected chi connectivity index (χ3v) is 4.48. The van der Waals surface area contributed by atoms with Crippen molar-refractivity contribution in [1.29, 1.82) is 0 Å². The molecule has 1 saturated heterocycles. The second-order valence-corrected chi connectivity index (χ2v) is 5.72. The van der Waals surface area contributed by atoms with Crippen molar-refractivity contribution in [2.75, 3.05) is 13.7 Å². The number of halogens is 1. The molecule has 19 heavy (non-hydrogen) atoms. The fraction of sp³-hybridized carbons (Fsp3) is 0.500. The van der Waals surface area contributed by atoms with Crippen LogP contribution in [0.1, 0.15) is 18.9 Å². The molecular formula is C14H17BrO4. The molecule has 0 saturated carbocycles. The molecule has 2 unspecified atom stereocenters. The Morgan fingerprint density at radius 3 is 2.84 bits per heavy atom. The van der Waals surface area contributed by atoms with Gasteiger partial charge in [-0.05, 0) is 53.4 Å². The highest BCUT2D eigenvalue weighted by atomic mass is 79.9. The number of carboxylic acids is 1. The largest absolute Gasteiger partial charge is 0.496 e. The summed E-state index contributed by atoms with van der Waals surface area (Å²) in [6.45, 7) is 2.34. The molecule has 0 radical (unpaired) electrons. The average Bonchev–Trinajstić information content (AvgIpc) is 2.72. The van der Waals surface area contributed by atoms with Crippen LogP contribution in [0.25, 0.3) is 0 Å². The Morgan fingerprint density at radius 1 is 1.63 bits per heavy atom. The fourth-order valence-corrected chi connectivity index (χ4v) is 3.14. The van der Waals surface area contributed by atoms with Gasteiger partial charge in [0.1, 0.15) is 5.75 Å². The van der Waals surface area contributed by atoms with Crippen molar-refractivity contribution in [3.05, 3.63) is 28.2 Å². The van der Waals surface area contributed by atoms with Crippen LogP contribution in [0.5, 0.6) is 5.75 Å². The van der Waals surface area contributed by atoms with Gasteiger partial charge in [0.15, 0.2) is 0 Å². The normalized spacial score (nSPS) is 26.4. The molecule has 1 aromatic carbocycles. The van der Waals surface area contributed by atoms with Gasteiger partial charge in [0, 0.05) is 6.61 Å². The summed E-state index contributed by atoms with van der Waals surface area (Å²) in [6, 6.07) is 5.66. The van der Waals surface area contributed by atoms with Crippen molar-refractivity contribution < 1.29 is 19.4 Å². The average molecular weight is 329 g/mol. The van der Waals surface area contributed by atoms with E-state index in [-0.39, 0.29) is 6.10 Å².